The number of hydrogen-bond acceptors (Lipinski definition) is 3. The highest BCUT2D eigenvalue weighted by molar-refractivity contribution is 5.85. The third kappa shape index (κ3) is 6.52. The fraction of sp³-hybridized carbons (Fsp3) is 0.727. The summed E-state index contributed by atoms with van der Waals surface area (Å²) in [5.41, 5.74) is 3.52. The van der Waals surface area contributed by atoms with Gasteiger partial charge in [-0.2, -0.15) is 0 Å². The van der Waals surface area contributed by atoms with Gasteiger partial charge in [-0.15, -0.1) is 24.8 Å². The van der Waals surface area contributed by atoms with Crippen molar-refractivity contribution in [3.63, 3.8) is 0 Å². The molecule has 0 aliphatic carbocycles. The molecule has 0 radical (unpaired) electrons. The molecule has 5 heteroatoms. The average molecular weight is 419 g/mol. The monoisotopic (exact) mass is 418 g/mol. The Morgan fingerprint density at radius 2 is 1.56 bits per heavy atom. The van der Waals surface area contributed by atoms with Gasteiger partial charge in [0.15, 0.2) is 0 Å². The van der Waals surface area contributed by atoms with Crippen LogP contribution in [0.5, 0.6) is 5.75 Å². The summed E-state index contributed by atoms with van der Waals surface area (Å²) < 4.78 is 0. The first-order valence-corrected chi connectivity index (χ1v) is 9.88. The van der Waals surface area contributed by atoms with Crippen LogP contribution in [0.1, 0.15) is 84.0 Å². The number of nitrogens with zero attached hydrogens (tertiary/aromatic N) is 1. The highest BCUT2D eigenvalue weighted by Crippen LogP contribution is 2.42. The van der Waals surface area contributed by atoms with Crippen LogP contribution in [0.4, 0.5) is 0 Å². The molecule has 0 amide bonds. The summed E-state index contributed by atoms with van der Waals surface area (Å²) in [4.78, 5) is 2.55. The van der Waals surface area contributed by atoms with Crippen LogP contribution in [0, 0.1) is 0 Å². The van der Waals surface area contributed by atoms with Gasteiger partial charge in [0.25, 0.3) is 0 Å². The van der Waals surface area contributed by atoms with Crippen molar-refractivity contribution in [1.29, 1.82) is 0 Å². The molecule has 1 aromatic rings. The van der Waals surface area contributed by atoms with E-state index in [1.807, 2.05) is 0 Å². The number of piperazine rings is 1. The van der Waals surface area contributed by atoms with Gasteiger partial charge in [0.2, 0.25) is 0 Å². The van der Waals surface area contributed by atoms with Crippen LogP contribution in [0.3, 0.4) is 0 Å². The van der Waals surface area contributed by atoms with Gasteiger partial charge in [0.05, 0.1) is 0 Å². The van der Waals surface area contributed by atoms with E-state index >= 15 is 0 Å². The Morgan fingerprint density at radius 3 is 2.00 bits per heavy atom. The quantitative estimate of drug-likeness (QED) is 0.669. The summed E-state index contributed by atoms with van der Waals surface area (Å²) >= 11 is 0. The van der Waals surface area contributed by atoms with Gasteiger partial charge in [0.1, 0.15) is 5.75 Å². The van der Waals surface area contributed by atoms with Gasteiger partial charge in [-0.3, -0.25) is 4.90 Å². The zero-order valence-corrected chi connectivity index (χ0v) is 19.8. The van der Waals surface area contributed by atoms with Crippen molar-refractivity contribution in [1.82, 2.24) is 10.2 Å². The minimum Gasteiger partial charge on any atom is -0.507 e. The zero-order valence-electron chi connectivity index (χ0n) is 18.2. The molecule has 1 aromatic carbocycles. The topological polar surface area (TPSA) is 35.5 Å². The van der Waals surface area contributed by atoms with Crippen LogP contribution in [0.15, 0.2) is 12.1 Å². The molecule has 158 valence electrons. The molecule has 27 heavy (non-hydrogen) atoms. The van der Waals surface area contributed by atoms with E-state index in [1.54, 1.807) is 0 Å². The molecule has 1 saturated heterocycles. The Hall–Kier alpha value is -0.480. The highest BCUT2D eigenvalue weighted by Gasteiger charge is 2.30. The molecule has 1 heterocycles. The van der Waals surface area contributed by atoms with Crippen molar-refractivity contribution in [2.24, 2.45) is 0 Å². The van der Waals surface area contributed by atoms with Crippen LogP contribution in [0.2, 0.25) is 0 Å². The van der Waals surface area contributed by atoms with Crippen molar-refractivity contribution >= 4 is 24.8 Å². The molecule has 2 N–H and O–H groups in total. The van der Waals surface area contributed by atoms with Gasteiger partial charge in [-0.25, -0.2) is 0 Å². The first-order valence-electron chi connectivity index (χ1n) is 9.88. The standard InChI is InChI=1S/C22H38N2O.2ClH/c1-8-9-19(24-12-10-23-11-13-24)17-14-16(21(2,3)4)15-18(20(17)25)22(5,6)7;;/h14-15,19,23,25H,8-13H2,1-7H3;2*1H/t19-;;/m1../s1. The lowest BCUT2D eigenvalue weighted by molar-refractivity contribution is 0.161. The molecule has 1 fully saturated rings. The molecule has 0 spiro atoms. The second-order valence-electron chi connectivity index (χ2n) is 9.55. The summed E-state index contributed by atoms with van der Waals surface area (Å²) in [6.07, 6.45) is 2.21. The first-order chi connectivity index (χ1) is 11.6. The maximum atomic E-state index is 11.2. The van der Waals surface area contributed by atoms with Crippen LogP contribution in [-0.2, 0) is 10.8 Å². The Balaban J connectivity index is 0.00000338. The van der Waals surface area contributed by atoms with Crippen molar-refractivity contribution < 1.29 is 5.11 Å². The molecule has 0 aromatic heterocycles. The zero-order chi connectivity index (χ0) is 18.8. The number of phenolic OH excluding ortho intramolecular Hbond substituents is 1. The Morgan fingerprint density at radius 1 is 1.00 bits per heavy atom. The average Bonchev–Trinajstić information content (AvgIpc) is 2.52. The van der Waals surface area contributed by atoms with Crippen molar-refractivity contribution in [3.05, 3.63) is 28.8 Å². The number of hydrogen-bond donors (Lipinski definition) is 2. The van der Waals surface area contributed by atoms with Crippen LogP contribution in [0.25, 0.3) is 0 Å². The fourth-order valence-corrected chi connectivity index (χ4v) is 3.72. The van der Waals surface area contributed by atoms with E-state index in [9.17, 15) is 5.11 Å². The van der Waals surface area contributed by atoms with Crippen LogP contribution < -0.4 is 5.32 Å². The van der Waals surface area contributed by atoms with E-state index in [1.165, 1.54) is 5.56 Å². The molecule has 2 rings (SSSR count). The molecule has 0 saturated carbocycles. The normalized spacial score (nSPS) is 17.0. The maximum absolute atomic E-state index is 11.2. The summed E-state index contributed by atoms with van der Waals surface area (Å²) in [6.45, 7) is 19.8. The number of benzene rings is 1. The van der Waals surface area contributed by atoms with E-state index in [-0.39, 0.29) is 35.6 Å². The van der Waals surface area contributed by atoms with E-state index in [4.69, 9.17) is 0 Å². The molecule has 0 bridgehead atoms. The van der Waals surface area contributed by atoms with Gasteiger partial charge in [-0.1, -0.05) is 61.0 Å². The molecular weight excluding hydrogens is 379 g/mol. The second-order valence-corrected chi connectivity index (χ2v) is 9.55. The minimum atomic E-state index is -0.0691. The van der Waals surface area contributed by atoms with E-state index in [0.717, 1.165) is 50.1 Å². The van der Waals surface area contributed by atoms with Crippen molar-refractivity contribution in [2.45, 2.75) is 78.2 Å². The number of aromatic hydroxyl groups is 1. The fourth-order valence-electron chi connectivity index (χ4n) is 3.72. The molecule has 3 nitrogen and oxygen atoms in total. The largest absolute Gasteiger partial charge is 0.507 e. The summed E-state index contributed by atoms with van der Waals surface area (Å²) in [6, 6.07) is 4.79. The van der Waals surface area contributed by atoms with Crippen molar-refractivity contribution in [3.8, 4) is 5.75 Å². The third-order valence-corrected chi connectivity index (χ3v) is 5.33. The second kappa shape index (κ2) is 10.3. The minimum absolute atomic E-state index is 0. The number of nitrogens with one attached hydrogen (secondary N) is 1. The smallest absolute Gasteiger partial charge is 0.124 e. The first kappa shape index (κ1) is 26.5. The molecule has 0 unspecified atom stereocenters. The number of halogens is 2. The van der Waals surface area contributed by atoms with Gasteiger partial charge in [0, 0.05) is 37.8 Å². The lowest BCUT2D eigenvalue weighted by atomic mass is 9.77. The highest BCUT2D eigenvalue weighted by atomic mass is 35.5. The summed E-state index contributed by atoms with van der Waals surface area (Å²) in [5.74, 6) is 0.512. The Bertz CT molecular complexity index is 585. The maximum Gasteiger partial charge on any atom is 0.124 e. The van der Waals surface area contributed by atoms with E-state index in [0.29, 0.717) is 11.8 Å². The number of phenols is 1. The molecule has 1 aliphatic rings. The van der Waals surface area contributed by atoms with Crippen molar-refractivity contribution in [2.75, 3.05) is 26.2 Å². The number of rotatable bonds is 4. The third-order valence-electron chi connectivity index (χ3n) is 5.33. The summed E-state index contributed by atoms with van der Waals surface area (Å²) in [7, 11) is 0. The van der Waals surface area contributed by atoms with Gasteiger partial charge in [-0.05, 0) is 34.4 Å². The predicted octanol–water partition coefficient (Wildman–Crippen LogP) is 5.58. The van der Waals surface area contributed by atoms with Crippen LogP contribution >= 0.6 is 24.8 Å². The van der Waals surface area contributed by atoms with E-state index in [2.05, 4.69) is 70.8 Å². The molecule has 1 aliphatic heterocycles. The SMILES string of the molecule is CCC[C@H](c1cc(C(C)(C)C)cc(C(C)(C)C)c1O)N1CCNCC1.Cl.Cl. The van der Waals surface area contributed by atoms with Gasteiger partial charge < -0.3 is 10.4 Å². The Labute approximate surface area is 179 Å². The lowest BCUT2D eigenvalue weighted by Crippen LogP contribution is -2.45. The van der Waals surface area contributed by atoms with E-state index < -0.39 is 0 Å². The lowest BCUT2D eigenvalue weighted by Gasteiger charge is -2.37. The predicted molar refractivity (Wildman–Crippen MR) is 122 cm³/mol. The van der Waals surface area contributed by atoms with Crippen LogP contribution in [-0.4, -0.2) is 36.2 Å². The molecular formula is C22H40Cl2N2O. The molecule has 1 atom stereocenters. The Kier molecular flexibility index (Phi) is 10.2. The summed E-state index contributed by atoms with van der Waals surface area (Å²) in [5, 5.41) is 14.6. The van der Waals surface area contributed by atoms with Gasteiger partial charge >= 0.3 is 0 Å².